The highest BCUT2D eigenvalue weighted by Gasteiger charge is 2.18. The van der Waals surface area contributed by atoms with Gasteiger partial charge in [-0.15, -0.1) is 0 Å². The molecule has 0 atom stereocenters. The highest BCUT2D eigenvalue weighted by molar-refractivity contribution is 5.97. The second-order valence-electron chi connectivity index (χ2n) is 5.75. The van der Waals surface area contributed by atoms with E-state index >= 15 is 0 Å². The lowest BCUT2D eigenvalue weighted by Gasteiger charge is -2.08. The normalized spacial score (nSPS) is 9.97. The number of nitrogens with one attached hydrogen (secondary N) is 2. The van der Waals surface area contributed by atoms with Gasteiger partial charge in [0.05, 0.1) is 18.6 Å². The summed E-state index contributed by atoms with van der Waals surface area (Å²) in [4.78, 5) is 45.8. The van der Waals surface area contributed by atoms with E-state index in [0.29, 0.717) is 0 Å². The number of nitro benzene ring substituents is 1. The van der Waals surface area contributed by atoms with Crippen molar-refractivity contribution in [3.8, 4) is 5.75 Å². The Morgan fingerprint density at radius 3 is 2.41 bits per heavy atom. The molecule has 0 radical (unpaired) electrons. The van der Waals surface area contributed by atoms with Gasteiger partial charge in [0.1, 0.15) is 13.2 Å². The van der Waals surface area contributed by atoms with Crippen LogP contribution in [-0.4, -0.2) is 42.9 Å². The monoisotopic (exact) mass is 401 g/mol. The molecule has 0 fully saturated rings. The minimum atomic E-state index is -0.683. The molecule has 2 N–H and O–H groups in total. The highest BCUT2D eigenvalue weighted by atomic mass is 16.6. The van der Waals surface area contributed by atoms with Gasteiger partial charge in [-0.3, -0.25) is 24.5 Å². The van der Waals surface area contributed by atoms with Gasteiger partial charge in [-0.25, -0.2) is 0 Å². The molecular formula is C19H19N3O7. The first-order chi connectivity index (χ1) is 13.9. The van der Waals surface area contributed by atoms with E-state index in [9.17, 15) is 24.5 Å². The number of rotatable bonds is 9. The molecule has 2 amide bonds. The number of benzene rings is 2. The van der Waals surface area contributed by atoms with Crippen molar-refractivity contribution < 1.29 is 28.8 Å². The second kappa shape index (κ2) is 10.4. The molecule has 0 bridgehead atoms. The van der Waals surface area contributed by atoms with Crippen LogP contribution in [0.25, 0.3) is 0 Å². The molecule has 0 unspecified atom stereocenters. The van der Waals surface area contributed by atoms with Crippen molar-refractivity contribution in [3.05, 3.63) is 69.8 Å². The van der Waals surface area contributed by atoms with Crippen LogP contribution in [-0.2, 0) is 20.9 Å². The quantitative estimate of drug-likeness (QED) is 0.366. The van der Waals surface area contributed by atoms with E-state index in [1.165, 1.54) is 19.2 Å². The van der Waals surface area contributed by atoms with E-state index in [1.807, 2.05) is 18.2 Å². The molecule has 0 saturated carbocycles. The van der Waals surface area contributed by atoms with Gasteiger partial charge >= 0.3 is 11.7 Å². The fourth-order valence-electron chi connectivity index (χ4n) is 2.26. The van der Waals surface area contributed by atoms with Crippen molar-refractivity contribution in [1.29, 1.82) is 0 Å². The number of amides is 2. The standard InChI is InChI=1S/C19H19N3O7/c1-28-16-8-7-14(9-15(16)22(26)27)19(25)21-10-17(23)20-11-18(24)29-12-13-5-3-2-4-6-13/h2-9H,10-12H2,1H3,(H,20,23)(H,21,25). The molecule has 10 nitrogen and oxygen atoms in total. The van der Waals surface area contributed by atoms with Crippen LogP contribution in [0.3, 0.4) is 0 Å². The van der Waals surface area contributed by atoms with Crippen molar-refractivity contribution in [2.45, 2.75) is 6.61 Å². The van der Waals surface area contributed by atoms with Crippen molar-refractivity contribution in [2.75, 3.05) is 20.2 Å². The SMILES string of the molecule is COc1ccc(C(=O)NCC(=O)NCC(=O)OCc2ccccc2)cc1[N+](=O)[O-]. The molecule has 0 heterocycles. The Kier molecular flexibility index (Phi) is 7.66. The Morgan fingerprint density at radius 1 is 1.03 bits per heavy atom. The summed E-state index contributed by atoms with van der Waals surface area (Å²) >= 11 is 0. The van der Waals surface area contributed by atoms with Crippen LogP contribution in [0.15, 0.2) is 48.5 Å². The predicted octanol–water partition coefficient (Wildman–Crippen LogP) is 1.19. The third-order valence-corrected chi connectivity index (χ3v) is 3.72. The van der Waals surface area contributed by atoms with Crippen LogP contribution in [0.2, 0.25) is 0 Å². The zero-order chi connectivity index (χ0) is 21.2. The molecule has 0 aliphatic heterocycles. The average Bonchev–Trinajstić information content (AvgIpc) is 2.74. The zero-order valence-electron chi connectivity index (χ0n) is 15.5. The summed E-state index contributed by atoms with van der Waals surface area (Å²) in [5, 5.41) is 15.6. The first-order valence-electron chi connectivity index (χ1n) is 8.47. The Labute approximate surface area is 166 Å². The summed E-state index contributed by atoms with van der Waals surface area (Å²) in [6.45, 7) is -0.678. The number of carbonyl (C=O) groups is 3. The van der Waals surface area contributed by atoms with Crippen molar-refractivity contribution >= 4 is 23.5 Å². The number of hydrogen-bond acceptors (Lipinski definition) is 7. The van der Waals surface area contributed by atoms with Gasteiger partial charge in [-0.1, -0.05) is 30.3 Å². The second-order valence-corrected chi connectivity index (χ2v) is 5.75. The smallest absolute Gasteiger partial charge is 0.325 e. The number of ether oxygens (including phenoxy) is 2. The highest BCUT2D eigenvalue weighted by Crippen LogP contribution is 2.27. The number of hydrogen-bond donors (Lipinski definition) is 2. The number of carbonyl (C=O) groups excluding carboxylic acids is 3. The van der Waals surface area contributed by atoms with E-state index in [-0.39, 0.29) is 30.2 Å². The van der Waals surface area contributed by atoms with E-state index in [4.69, 9.17) is 9.47 Å². The summed E-state index contributed by atoms with van der Waals surface area (Å²) in [5.41, 5.74) is 0.436. The Balaban J connectivity index is 1.77. The predicted molar refractivity (Wildman–Crippen MR) is 101 cm³/mol. The Bertz CT molecular complexity index is 900. The maximum absolute atomic E-state index is 12.1. The fourth-order valence-corrected chi connectivity index (χ4v) is 2.26. The van der Waals surface area contributed by atoms with Crippen LogP contribution in [0, 0.1) is 10.1 Å². The van der Waals surface area contributed by atoms with Crippen molar-refractivity contribution in [1.82, 2.24) is 10.6 Å². The molecule has 2 aromatic rings. The van der Waals surface area contributed by atoms with Crippen LogP contribution in [0.1, 0.15) is 15.9 Å². The topological polar surface area (TPSA) is 137 Å². The number of esters is 1. The molecule has 0 spiro atoms. The van der Waals surface area contributed by atoms with E-state index in [0.717, 1.165) is 11.6 Å². The molecule has 0 aromatic heterocycles. The van der Waals surface area contributed by atoms with Crippen molar-refractivity contribution in [2.24, 2.45) is 0 Å². The lowest BCUT2D eigenvalue weighted by atomic mass is 10.1. The van der Waals surface area contributed by atoms with Crippen LogP contribution in [0.4, 0.5) is 5.69 Å². The Hall–Kier alpha value is -3.95. The van der Waals surface area contributed by atoms with E-state index in [1.54, 1.807) is 12.1 Å². The largest absolute Gasteiger partial charge is 0.490 e. The average molecular weight is 401 g/mol. The van der Waals surface area contributed by atoms with E-state index in [2.05, 4.69) is 10.6 Å². The number of methoxy groups -OCH3 is 1. The molecular weight excluding hydrogens is 382 g/mol. The lowest BCUT2D eigenvalue weighted by Crippen LogP contribution is -2.39. The minimum Gasteiger partial charge on any atom is -0.490 e. The Morgan fingerprint density at radius 2 is 1.76 bits per heavy atom. The first-order valence-corrected chi connectivity index (χ1v) is 8.47. The van der Waals surface area contributed by atoms with Crippen molar-refractivity contribution in [3.63, 3.8) is 0 Å². The molecule has 152 valence electrons. The van der Waals surface area contributed by atoms with Gasteiger partial charge < -0.3 is 20.1 Å². The summed E-state index contributed by atoms with van der Waals surface area (Å²) in [6, 6.07) is 12.7. The third-order valence-electron chi connectivity index (χ3n) is 3.72. The third kappa shape index (κ3) is 6.61. The van der Waals surface area contributed by atoms with Gasteiger partial charge in [0.15, 0.2) is 5.75 Å². The molecule has 0 aliphatic rings. The van der Waals surface area contributed by atoms with E-state index < -0.39 is 29.3 Å². The maximum Gasteiger partial charge on any atom is 0.325 e. The lowest BCUT2D eigenvalue weighted by molar-refractivity contribution is -0.385. The molecule has 29 heavy (non-hydrogen) atoms. The van der Waals surface area contributed by atoms with Gasteiger partial charge in [0.2, 0.25) is 5.91 Å². The maximum atomic E-state index is 12.1. The van der Waals surface area contributed by atoms with Crippen LogP contribution >= 0.6 is 0 Å². The molecule has 2 rings (SSSR count). The minimum absolute atomic E-state index is 0.00688. The molecule has 2 aromatic carbocycles. The van der Waals surface area contributed by atoms with Gasteiger partial charge in [0.25, 0.3) is 5.91 Å². The summed E-state index contributed by atoms with van der Waals surface area (Å²) < 4.78 is 9.87. The fraction of sp³-hybridized carbons (Fsp3) is 0.211. The van der Waals surface area contributed by atoms with Gasteiger partial charge in [-0.05, 0) is 17.7 Å². The first kappa shape index (κ1) is 21.4. The number of nitro groups is 1. The summed E-state index contributed by atoms with van der Waals surface area (Å²) in [5.74, 6) is -1.91. The molecule has 0 aliphatic carbocycles. The molecule has 0 saturated heterocycles. The van der Waals surface area contributed by atoms with Gasteiger partial charge in [0, 0.05) is 11.6 Å². The summed E-state index contributed by atoms with van der Waals surface area (Å²) in [7, 11) is 1.28. The van der Waals surface area contributed by atoms with Crippen LogP contribution < -0.4 is 15.4 Å². The molecule has 10 heteroatoms. The zero-order valence-corrected chi connectivity index (χ0v) is 15.5. The summed E-state index contributed by atoms with van der Waals surface area (Å²) in [6.07, 6.45) is 0. The van der Waals surface area contributed by atoms with Gasteiger partial charge in [-0.2, -0.15) is 0 Å². The van der Waals surface area contributed by atoms with Crippen LogP contribution in [0.5, 0.6) is 5.75 Å². The number of nitrogens with zero attached hydrogens (tertiary/aromatic N) is 1.